The second kappa shape index (κ2) is 14.2. The minimum atomic E-state index is -0.375. The molecule has 8 heteroatoms. The summed E-state index contributed by atoms with van der Waals surface area (Å²) in [5.74, 6) is -0.0730. The van der Waals surface area contributed by atoms with Gasteiger partial charge in [0.1, 0.15) is 5.75 Å². The molecule has 3 N–H and O–H groups in total. The van der Waals surface area contributed by atoms with E-state index in [0.717, 1.165) is 35.7 Å². The summed E-state index contributed by atoms with van der Waals surface area (Å²) in [5, 5.41) is 8.78. The van der Waals surface area contributed by atoms with E-state index in [1.54, 1.807) is 36.4 Å². The summed E-state index contributed by atoms with van der Waals surface area (Å²) in [6.45, 7) is 9.11. The van der Waals surface area contributed by atoms with Crippen molar-refractivity contribution in [2.45, 2.75) is 58.8 Å². The van der Waals surface area contributed by atoms with Gasteiger partial charge in [-0.05, 0) is 78.1 Å². The molecule has 39 heavy (non-hydrogen) atoms. The highest BCUT2D eigenvalue weighted by molar-refractivity contribution is 9.10. The van der Waals surface area contributed by atoms with Crippen LogP contribution in [0.4, 0.5) is 11.4 Å². The zero-order valence-corrected chi connectivity index (χ0v) is 25.3. The summed E-state index contributed by atoms with van der Waals surface area (Å²) in [6, 6.07) is 20.1. The molecule has 0 saturated heterocycles. The van der Waals surface area contributed by atoms with E-state index < -0.39 is 0 Å². The number of rotatable bonds is 10. The van der Waals surface area contributed by atoms with Gasteiger partial charge < -0.3 is 15.4 Å². The lowest BCUT2D eigenvalue weighted by Crippen LogP contribution is -2.34. The maximum atomic E-state index is 13.0. The summed E-state index contributed by atoms with van der Waals surface area (Å²) >= 11 is 8.82. The molecule has 0 spiro atoms. The fraction of sp³-hybridized carbons (Fsp3) is 0.323. The minimum Gasteiger partial charge on any atom is -0.493 e. The number of carbonyl (C=O) groups excluding carboxylic acids is 2. The monoisotopic (exact) mass is 609 g/mol. The average molecular weight is 611 g/mol. The number of carbonyl (C=O) groups is 2. The SMILES string of the molecule is CCCCCCOc1ccc(Br)cc1C(=O)NC(=S)Nc1cccc(NC(=O)c2ccc(C(C)(C)C)cc2)c1. The Morgan fingerprint density at radius 1 is 0.872 bits per heavy atom. The van der Waals surface area contributed by atoms with Crippen molar-refractivity contribution < 1.29 is 14.3 Å². The molecule has 3 aromatic carbocycles. The first-order valence-electron chi connectivity index (χ1n) is 13.1. The minimum absolute atomic E-state index is 0.0166. The van der Waals surface area contributed by atoms with Gasteiger partial charge in [0.2, 0.25) is 0 Å². The molecular formula is C31H36BrN3O3S. The Kier molecular flexibility index (Phi) is 11.1. The van der Waals surface area contributed by atoms with Crippen LogP contribution in [0.1, 0.15) is 79.7 Å². The number of benzene rings is 3. The van der Waals surface area contributed by atoms with Crippen molar-refractivity contribution in [1.82, 2.24) is 5.32 Å². The van der Waals surface area contributed by atoms with Crippen molar-refractivity contribution in [3.05, 3.63) is 87.9 Å². The molecule has 0 aromatic heterocycles. The second-order valence-electron chi connectivity index (χ2n) is 10.3. The molecule has 206 valence electrons. The number of anilines is 2. The van der Waals surface area contributed by atoms with Crippen LogP contribution in [0.15, 0.2) is 71.2 Å². The molecule has 0 radical (unpaired) electrons. The van der Waals surface area contributed by atoms with Gasteiger partial charge in [-0.25, -0.2) is 0 Å². The molecule has 0 aliphatic rings. The Hall–Kier alpha value is -3.23. The highest BCUT2D eigenvalue weighted by Crippen LogP contribution is 2.25. The molecule has 0 atom stereocenters. The van der Waals surface area contributed by atoms with Gasteiger partial charge in [0.15, 0.2) is 5.11 Å². The number of nitrogens with one attached hydrogen (secondary N) is 3. The lowest BCUT2D eigenvalue weighted by atomic mass is 9.87. The van der Waals surface area contributed by atoms with Crippen molar-refractivity contribution in [2.24, 2.45) is 0 Å². The van der Waals surface area contributed by atoms with E-state index in [-0.39, 0.29) is 22.3 Å². The van der Waals surface area contributed by atoms with Crippen LogP contribution in [0.25, 0.3) is 0 Å². The molecule has 0 heterocycles. The van der Waals surface area contributed by atoms with Crippen LogP contribution >= 0.6 is 28.1 Å². The van der Waals surface area contributed by atoms with E-state index in [0.29, 0.717) is 34.9 Å². The third-order valence-corrected chi connectivity index (χ3v) is 6.76. The van der Waals surface area contributed by atoms with Gasteiger partial charge >= 0.3 is 0 Å². The number of hydrogen-bond acceptors (Lipinski definition) is 4. The molecule has 0 bridgehead atoms. The molecule has 3 rings (SSSR count). The lowest BCUT2D eigenvalue weighted by molar-refractivity contribution is 0.0972. The van der Waals surface area contributed by atoms with Crippen LogP contribution in [0.5, 0.6) is 5.75 Å². The van der Waals surface area contributed by atoms with Gasteiger partial charge in [0, 0.05) is 21.4 Å². The maximum Gasteiger partial charge on any atom is 0.261 e. The number of ether oxygens (including phenoxy) is 1. The summed E-state index contributed by atoms with van der Waals surface area (Å²) in [7, 11) is 0. The average Bonchev–Trinajstić information content (AvgIpc) is 2.89. The van der Waals surface area contributed by atoms with Gasteiger partial charge in [-0.2, -0.15) is 0 Å². The second-order valence-corrected chi connectivity index (χ2v) is 11.6. The van der Waals surface area contributed by atoms with Crippen molar-refractivity contribution in [2.75, 3.05) is 17.2 Å². The summed E-state index contributed by atoms with van der Waals surface area (Å²) < 4.78 is 6.65. The van der Waals surface area contributed by atoms with Crippen molar-refractivity contribution in [3.8, 4) is 5.75 Å². The number of hydrogen-bond donors (Lipinski definition) is 3. The van der Waals surface area contributed by atoms with Gasteiger partial charge in [0.05, 0.1) is 12.2 Å². The smallest absolute Gasteiger partial charge is 0.261 e. The number of thiocarbonyl (C=S) groups is 1. The van der Waals surface area contributed by atoms with Crippen molar-refractivity contribution >= 4 is 56.4 Å². The maximum absolute atomic E-state index is 13.0. The molecule has 0 fully saturated rings. The molecule has 3 aromatic rings. The summed E-state index contributed by atoms with van der Waals surface area (Å²) in [5.41, 5.74) is 3.37. The molecule has 0 unspecified atom stereocenters. The zero-order chi connectivity index (χ0) is 28.4. The number of unbranched alkanes of at least 4 members (excludes halogenated alkanes) is 3. The standard InChI is InChI=1S/C31H36BrN3O3S/c1-5-6-7-8-18-38-27-17-16-23(32)19-26(27)29(37)35-30(39)34-25-11-9-10-24(20-25)33-28(36)21-12-14-22(15-13-21)31(2,3)4/h9-17,19-20H,5-8,18H2,1-4H3,(H,33,36)(H2,34,35,37,39). The topological polar surface area (TPSA) is 79.5 Å². The normalized spacial score (nSPS) is 11.0. The zero-order valence-electron chi connectivity index (χ0n) is 22.9. The van der Waals surface area contributed by atoms with E-state index >= 15 is 0 Å². The van der Waals surface area contributed by atoms with Crippen LogP contribution in [-0.2, 0) is 5.41 Å². The van der Waals surface area contributed by atoms with Gasteiger partial charge in [-0.15, -0.1) is 0 Å². The lowest BCUT2D eigenvalue weighted by Gasteiger charge is -2.19. The molecular weight excluding hydrogens is 574 g/mol. The molecule has 6 nitrogen and oxygen atoms in total. The van der Waals surface area contributed by atoms with E-state index in [1.165, 1.54) is 0 Å². The Bertz CT molecular complexity index is 1300. The largest absolute Gasteiger partial charge is 0.493 e. The van der Waals surface area contributed by atoms with E-state index in [4.69, 9.17) is 17.0 Å². The highest BCUT2D eigenvalue weighted by Gasteiger charge is 2.16. The van der Waals surface area contributed by atoms with Gasteiger partial charge in [0.25, 0.3) is 11.8 Å². The Balaban J connectivity index is 1.60. The van der Waals surface area contributed by atoms with Gasteiger partial charge in [-0.3, -0.25) is 14.9 Å². The van der Waals surface area contributed by atoms with Crippen LogP contribution in [0.2, 0.25) is 0 Å². The Labute approximate surface area is 245 Å². The number of halogens is 1. The summed E-state index contributed by atoms with van der Waals surface area (Å²) in [6.07, 6.45) is 4.33. The first-order valence-corrected chi connectivity index (χ1v) is 14.3. The van der Waals surface area contributed by atoms with Crippen LogP contribution in [0, 0.1) is 0 Å². The van der Waals surface area contributed by atoms with Crippen LogP contribution < -0.4 is 20.7 Å². The summed E-state index contributed by atoms with van der Waals surface area (Å²) in [4.78, 5) is 25.8. The predicted molar refractivity (Wildman–Crippen MR) is 167 cm³/mol. The third kappa shape index (κ3) is 9.48. The van der Waals surface area contributed by atoms with Crippen LogP contribution in [-0.4, -0.2) is 23.5 Å². The molecule has 0 aliphatic heterocycles. The fourth-order valence-corrected chi connectivity index (χ4v) is 4.42. The molecule has 2 amide bonds. The van der Waals surface area contributed by atoms with E-state index in [9.17, 15) is 9.59 Å². The van der Waals surface area contributed by atoms with E-state index in [2.05, 4.69) is 59.6 Å². The van der Waals surface area contributed by atoms with Crippen molar-refractivity contribution in [3.63, 3.8) is 0 Å². The first kappa shape index (κ1) is 30.3. The number of amides is 2. The Morgan fingerprint density at radius 2 is 1.56 bits per heavy atom. The van der Waals surface area contributed by atoms with Crippen LogP contribution in [0.3, 0.4) is 0 Å². The quantitative estimate of drug-likeness (QED) is 0.160. The van der Waals surface area contributed by atoms with E-state index in [1.807, 2.05) is 30.3 Å². The predicted octanol–water partition coefficient (Wildman–Crippen LogP) is 8.08. The van der Waals surface area contributed by atoms with Gasteiger partial charge in [-0.1, -0.05) is 81.1 Å². The molecule has 0 aliphatic carbocycles. The Morgan fingerprint density at radius 3 is 2.23 bits per heavy atom. The highest BCUT2D eigenvalue weighted by atomic mass is 79.9. The fourth-order valence-electron chi connectivity index (χ4n) is 3.85. The third-order valence-electron chi connectivity index (χ3n) is 6.06. The van der Waals surface area contributed by atoms with Crippen molar-refractivity contribution in [1.29, 1.82) is 0 Å². The molecule has 0 saturated carbocycles. The first-order chi connectivity index (χ1) is 18.6.